The molecule has 0 aliphatic heterocycles. The molecule has 1 N–H and O–H groups in total. The predicted octanol–water partition coefficient (Wildman–Crippen LogP) is 4.54. The second-order valence-corrected chi connectivity index (χ2v) is 9.38. The van der Waals surface area contributed by atoms with Gasteiger partial charge in [0.1, 0.15) is 5.82 Å². The lowest BCUT2D eigenvalue weighted by atomic mass is 9.49. The summed E-state index contributed by atoms with van der Waals surface area (Å²) in [4.78, 5) is 24.5. The number of halogens is 3. The Labute approximate surface area is 161 Å². The van der Waals surface area contributed by atoms with Gasteiger partial charge in [-0.15, -0.1) is 11.6 Å². The van der Waals surface area contributed by atoms with Gasteiger partial charge < -0.3 is 10.1 Å². The van der Waals surface area contributed by atoms with E-state index in [0.29, 0.717) is 18.3 Å². The summed E-state index contributed by atoms with van der Waals surface area (Å²) in [6, 6.07) is 3.95. The van der Waals surface area contributed by atoms with Gasteiger partial charge in [0.2, 0.25) is 0 Å². The zero-order valence-electron chi connectivity index (χ0n) is 14.2. The van der Waals surface area contributed by atoms with Crippen LogP contribution in [-0.4, -0.2) is 23.4 Å². The highest BCUT2D eigenvalue weighted by Crippen LogP contribution is 2.64. The molecule has 4 nitrogen and oxygen atoms in total. The van der Waals surface area contributed by atoms with Gasteiger partial charge >= 0.3 is 5.97 Å². The molecular formula is C19H20Cl2FNO3. The predicted molar refractivity (Wildman–Crippen MR) is 96.7 cm³/mol. The Balaban J connectivity index is 1.37. The van der Waals surface area contributed by atoms with Gasteiger partial charge in [0, 0.05) is 9.90 Å². The number of hydrogen-bond acceptors (Lipinski definition) is 3. The van der Waals surface area contributed by atoms with E-state index in [1.165, 1.54) is 12.1 Å². The first-order valence-electron chi connectivity index (χ1n) is 8.88. The first-order valence-corrected chi connectivity index (χ1v) is 9.64. The van der Waals surface area contributed by atoms with Crippen molar-refractivity contribution in [3.8, 4) is 0 Å². The lowest BCUT2D eigenvalue weighted by Crippen LogP contribution is -2.56. The first kappa shape index (κ1) is 18.1. The maximum Gasteiger partial charge on any atom is 0.312 e. The molecule has 0 radical (unpaired) electrons. The van der Waals surface area contributed by atoms with Crippen LogP contribution in [0.1, 0.15) is 38.5 Å². The molecule has 0 spiro atoms. The van der Waals surface area contributed by atoms with E-state index < -0.39 is 23.7 Å². The molecule has 4 aliphatic carbocycles. The van der Waals surface area contributed by atoms with E-state index in [-0.39, 0.29) is 21.6 Å². The number of carbonyl (C=O) groups is 2. The van der Waals surface area contributed by atoms with Crippen LogP contribution in [0.15, 0.2) is 18.2 Å². The van der Waals surface area contributed by atoms with Crippen molar-refractivity contribution in [2.45, 2.75) is 43.4 Å². The van der Waals surface area contributed by atoms with E-state index in [1.54, 1.807) is 0 Å². The molecule has 0 saturated heterocycles. The third-order valence-electron chi connectivity index (χ3n) is 5.96. The molecule has 4 bridgehead atoms. The van der Waals surface area contributed by atoms with Crippen molar-refractivity contribution in [1.29, 1.82) is 0 Å². The van der Waals surface area contributed by atoms with Crippen molar-refractivity contribution in [1.82, 2.24) is 0 Å². The second-order valence-electron chi connectivity index (χ2n) is 8.14. The highest BCUT2D eigenvalue weighted by atomic mass is 35.5. The Morgan fingerprint density at radius 1 is 1.23 bits per heavy atom. The molecule has 4 aliphatic rings. The molecule has 0 aromatic heterocycles. The monoisotopic (exact) mass is 399 g/mol. The number of alkyl halides is 1. The summed E-state index contributed by atoms with van der Waals surface area (Å²) in [5.74, 6) is -0.618. The zero-order chi connectivity index (χ0) is 18.5. The summed E-state index contributed by atoms with van der Waals surface area (Å²) in [5, 5.41) is 2.64. The van der Waals surface area contributed by atoms with Crippen molar-refractivity contribution in [3.05, 3.63) is 29.0 Å². The van der Waals surface area contributed by atoms with Gasteiger partial charge in [-0.3, -0.25) is 9.59 Å². The van der Waals surface area contributed by atoms with E-state index in [4.69, 9.17) is 27.9 Å². The molecule has 1 aromatic carbocycles. The normalized spacial score (nSPS) is 34.6. The van der Waals surface area contributed by atoms with E-state index in [0.717, 1.165) is 38.2 Å². The lowest BCUT2D eigenvalue weighted by molar-refractivity contribution is -0.171. The Hall–Kier alpha value is -1.33. The number of anilines is 1. The maximum absolute atomic E-state index is 13.7. The van der Waals surface area contributed by atoms with Crippen LogP contribution in [0.4, 0.5) is 10.1 Å². The van der Waals surface area contributed by atoms with Gasteiger partial charge in [0.25, 0.3) is 5.91 Å². The van der Waals surface area contributed by atoms with E-state index in [1.807, 2.05) is 0 Å². The number of nitrogens with one attached hydrogen (secondary N) is 1. The largest absolute Gasteiger partial charge is 0.455 e. The molecule has 7 heteroatoms. The molecule has 1 aromatic rings. The maximum atomic E-state index is 13.7. The third kappa shape index (κ3) is 3.31. The highest BCUT2D eigenvalue weighted by molar-refractivity contribution is 6.30. The SMILES string of the molecule is O=C(COC(=O)C12C[C@@H]3C[C@@H](CC(Cl)(C3)C1)C2)Nc1ccc(Cl)cc1F. The molecule has 4 fully saturated rings. The first-order chi connectivity index (χ1) is 12.3. The zero-order valence-corrected chi connectivity index (χ0v) is 15.7. The third-order valence-corrected chi connectivity index (χ3v) is 6.64. The highest BCUT2D eigenvalue weighted by Gasteiger charge is 2.60. The van der Waals surface area contributed by atoms with E-state index in [2.05, 4.69) is 5.32 Å². The van der Waals surface area contributed by atoms with Crippen LogP contribution >= 0.6 is 23.2 Å². The molecule has 5 rings (SSSR count). The number of benzene rings is 1. The Bertz CT molecular complexity index is 755. The van der Waals surface area contributed by atoms with E-state index in [9.17, 15) is 14.0 Å². The smallest absolute Gasteiger partial charge is 0.312 e. The summed E-state index contributed by atoms with van der Waals surface area (Å²) in [5.41, 5.74) is -0.553. The average Bonchev–Trinajstić information content (AvgIpc) is 2.53. The second kappa shape index (κ2) is 6.38. The van der Waals surface area contributed by atoms with Crippen LogP contribution in [0.3, 0.4) is 0 Å². The van der Waals surface area contributed by atoms with Crippen LogP contribution in [0.2, 0.25) is 5.02 Å². The number of esters is 1. The fourth-order valence-corrected chi connectivity index (χ4v) is 6.30. The van der Waals surface area contributed by atoms with Crippen LogP contribution in [0.5, 0.6) is 0 Å². The van der Waals surface area contributed by atoms with Crippen LogP contribution in [0.25, 0.3) is 0 Å². The summed E-state index contributed by atoms with van der Waals surface area (Å²) in [7, 11) is 0. The van der Waals surface area contributed by atoms with Crippen molar-refractivity contribution in [2.24, 2.45) is 17.3 Å². The van der Waals surface area contributed by atoms with Crippen LogP contribution in [-0.2, 0) is 14.3 Å². The minimum absolute atomic E-state index is 0.00460. The van der Waals surface area contributed by atoms with Gasteiger partial charge in [0.05, 0.1) is 11.1 Å². The Morgan fingerprint density at radius 2 is 1.92 bits per heavy atom. The van der Waals surface area contributed by atoms with Gasteiger partial charge in [0.15, 0.2) is 6.61 Å². The summed E-state index contributed by atoms with van der Waals surface area (Å²) in [6.07, 6.45) is 5.29. The molecule has 4 atom stereocenters. The molecule has 140 valence electrons. The molecule has 0 heterocycles. The molecule has 2 unspecified atom stereocenters. The molecule has 26 heavy (non-hydrogen) atoms. The Morgan fingerprint density at radius 3 is 2.54 bits per heavy atom. The van der Waals surface area contributed by atoms with Crippen molar-refractivity contribution in [3.63, 3.8) is 0 Å². The van der Waals surface area contributed by atoms with Crippen LogP contribution in [0, 0.1) is 23.1 Å². The summed E-state index contributed by atoms with van der Waals surface area (Å²) >= 11 is 12.4. The number of amides is 1. The van der Waals surface area contributed by atoms with Gasteiger partial charge in [-0.25, -0.2) is 4.39 Å². The summed E-state index contributed by atoms with van der Waals surface area (Å²) < 4.78 is 19.0. The van der Waals surface area contributed by atoms with Crippen molar-refractivity contribution < 1.29 is 18.7 Å². The minimum atomic E-state index is -0.637. The lowest BCUT2D eigenvalue weighted by Gasteiger charge is -2.58. The topological polar surface area (TPSA) is 55.4 Å². The number of hydrogen-bond donors (Lipinski definition) is 1. The van der Waals surface area contributed by atoms with Gasteiger partial charge in [-0.1, -0.05) is 11.6 Å². The number of rotatable bonds is 4. The molecule has 1 amide bonds. The summed E-state index contributed by atoms with van der Waals surface area (Å²) in [6.45, 7) is -0.437. The number of carbonyl (C=O) groups excluding carboxylic acids is 2. The fourth-order valence-electron chi connectivity index (χ4n) is 5.45. The van der Waals surface area contributed by atoms with Crippen molar-refractivity contribution in [2.75, 3.05) is 11.9 Å². The van der Waals surface area contributed by atoms with Crippen molar-refractivity contribution >= 4 is 40.8 Å². The molecular weight excluding hydrogens is 380 g/mol. The molecule has 4 saturated carbocycles. The van der Waals surface area contributed by atoms with Crippen LogP contribution < -0.4 is 5.32 Å². The average molecular weight is 400 g/mol. The standard InChI is InChI=1S/C19H20Cl2FNO3/c20-13-1-2-15(14(22)4-13)23-16(24)9-26-17(25)18-5-11-3-12(6-18)8-19(21,7-11)10-18/h1-2,4,11-12H,3,5-10H2,(H,23,24)/t11-,12+,18?,19?. The Kier molecular flexibility index (Phi) is 4.43. The minimum Gasteiger partial charge on any atom is -0.455 e. The fraction of sp³-hybridized carbons (Fsp3) is 0.579. The van der Waals surface area contributed by atoms with Gasteiger partial charge in [-0.2, -0.15) is 0 Å². The quantitative estimate of drug-likeness (QED) is 0.597. The van der Waals surface area contributed by atoms with E-state index >= 15 is 0 Å². The van der Waals surface area contributed by atoms with Gasteiger partial charge in [-0.05, 0) is 68.6 Å². The number of ether oxygens (including phenoxy) is 1.